The summed E-state index contributed by atoms with van der Waals surface area (Å²) in [7, 11) is 1.66. The van der Waals surface area contributed by atoms with Gasteiger partial charge in [0.15, 0.2) is 11.5 Å². The lowest BCUT2D eigenvalue weighted by Crippen LogP contribution is -2.17. The number of hydrogen-bond donors (Lipinski definition) is 1. The summed E-state index contributed by atoms with van der Waals surface area (Å²) in [6.07, 6.45) is 4.59. The number of hydrogen-bond acceptors (Lipinski definition) is 5. The maximum atomic E-state index is 5.95. The molecule has 2 aromatic heterocycles. The van der Waals surface area contributed by atoms with Crippen LogP contribution in [0.2, 0.25) is 0 Å². The minimum absolute atomic E-state index is 0.462. The molecule has 0 fully saturated rings. The minimum Gasteiger partial charge on any atom is -0.493 e. The largest absolute Gasteiger partial charge is 0.493 e. The third-order valence-electron chi connectivity index (χ3n) is 4.50. The molecule has 0 spiro atoms. The van der Waals surface area contributed by atoms with Crippen LogP contribution in [0.5, 0.6) is 11.5 Å². The lowest BCUT2D eigenvalue weighted by Gasteiger charge is -2.13. The van der Waals surface area contributed by atoms with E-state index in [0.29, 0.717) is 6.61 Å². The van der Waals surface area contributed by atoms with Crippen LogP contribution in [-0.2, 0) is 19.7 Å². The number of aryl methyl sites for hydroxylation is 3. The van der Waals surface area contributed by atoms with Gasteiger partial charge in [-0.1, -0.05) is 12.1 Å². The first-order valence-corrected chi connectivity index (χ1v) is 9.56. The van der Waals surface area contributed by atoms with Gasteiger partial charge in [0.2, 0.25) is 0 Å². The molecule has 6 heteroatoms. The van der Waals surface area contributed by atoms with E-state index in [-0.39, 0.29) is 0 Å². The van der Waals surface area contributed by atoms with E-state index in [0.717, 1.165) is 54.4 Å². The van der Waals surface area contributed by atoms with Crippen LogP contribution in [0.15, 0.2) is 48.8 Å². The second-order valence-corrected chi connectivity index (χ2v) is 6.82. The number of rotatable bonds is 10. The van der Waals surface area contributed by atoms with Crippen molar-refractivity contribution in [2.45, 2.75) is 40.0 Å². The maximum absolute atomic E-state index is 5.95. The molecule has 1 N–H and O–H groups in total. The van der Waals surface area contributed by atoms with E-state index in [1.54, 1.807) is 19.5 Å². The van der Waals surface area contributed by atoms with Crippen LogP contribution < -0.4 is 14.8 Å². The van der Waals surface area contributed by atoms with Crippen LogP contribution in [0, 0.1) is 13.8 Å². The lowest BCUT2D eigenvalue weighted by molar-refractivity contribution is 0.283. The first kappa shape index (κ1) is 19.9. The molecule has 0 bridgehead atoms. The topological polar surface area (TPSA) is 61.2 Å². The molecule has 2 heterocycles. The van der Waals surface area contributed by atoms with Gasteiger partial charge in [0, 0.05) is 36.7 Å². The van der Waals surface area contributed by atoms with Crippen molar-refractivity contribution in [3.05, 3.63) is 71.3 Å². The Bertz CT molecular complexity index is 877. The SMILES string of the molecule is COc1ccc(CNCCCn2nc(C)cc2C)cc1OCc1cccnc1. The molecule has 28 heavy (non-hydrogen) atoms. The highest BCUT2D eigenvalue weighted by Crippen LogP contribution is 2.28. The number of pyridine rings is 1. The molecule has 3 aromatic rings. The molecule has 0 aliphatic carbocycles. The molecule has 0 atom stereocenters. The van der Waals surface area contributed by atoms with Crippen molar-refractivity contribution in [3.63, 3.8) is 0 Å². The zero-order valence-electron chi connectivity index (χ0n) is 16.8. The average molecular weight is 380 g/mol. The Hall–Kier alpha value is -2.86. The fourth-order valence-electron chi connectivity index (χ4n) is 3.08. The van der Waals surface area contributed by atoms with Crippen LogP contribution in [0.25, 0.3) is 0 Å². The second kappa shape index (κ2) is 9.90. The number of ether oxygens (including phenoxy) is 2. The van der Waals surface area contributed by atoms with E-state index in [1.807, 2.05) is 31.2 Å². The van der Waals surface area contributed by atoms with Crippen molar-refractivity contribution < 1.29 is 9.47 Å². The monoisotopic (exact) mass is 380 g/mol. The first-order chi connectivity index (χ1) is 13.7. The molecule has 3 rings (SSSR count). The molecule has 0 aliphatic heterocycles. The summed E-state index contributed by atoms with van der Waals surface area (Å²) in [6, 6.07) is 12.0. The van der Waals surface area contributed by atoms with Crippen LogP contribution in [0.1, 0.15) is 28.9 Å². The molecular weight excluding hydrogens is 352 g/mol. The van der Waals surface area contributed by atoms with Crippen LogP contribution >= 0.6 is 0 Å². The summed E-state index contributed by atoms with van der Waals surface area (Å²) >= 11 is 0. The van der Waals surface area contributed by atoms with Gasteiger partial charge in [0.05, 0.1) is 12.8 Å². The molecule has 6 nitrogen and oxygen atoms in total. The molecule has 148 valence electrons. The van der Waals surface area contributed by atoms with Gasteiger partial charge in [-0.15, -0.1) is 0 Å². The van der Waals surface area contributed by atoms with Crippen LogP contribution in [-0.4, -0.2) is 28.4 Å². The van der Waals surface area contributed by atoms with E-state index in [1.165, 1.54) is 5.69 Å². The van der Waals surface area contributed by atoms with E-state index in [9.17, 15) is 0 Å². The molecule has 0 saturated heterocycles. The summed E-state index contributed by atoms with van der Waals surface area (Å²) in [5.41, 5.74) is 4.47. The van der Waals surface area contributed by atoms with Crippen molar-refractivity contribution >= 4 is 0 Å². The number of benzene rings is 1. The minimum atomic E-state index is 0.462. The molecule has 0 radical (unpaired) electrons. The highest BCUT2D eigenvalue weighted by atomic mass is 16.5. The fraction of sp³-hybridized carbons (Fsp3) is 0.364. The zero-order chi connectivity index (χ0) is 19.8. The summed E-state index contributed by atoms with van der Waals surface area (Å²) < 4.78 is 13.4. The van der Waals surface area contributed by atoms with Gasteiger partial charge in [-0.2, -0.15) is 5.10 Å². The van der Waals surface area contributed by atoms with Crippen molar-refractivity contribution in [3.8, 4) is 11.5 Å². The van der Waals surface area contributed by atoms with E-state index in [4.69, 9.17) is 9.47 Å². The highest BCUT2D eigenvalue weighted by Gasteiger charge is 2.07. The van der Waals surface area contributed by atoms with E-state index in [2.05, 4.69) is 39.1 Å². The molecule has 0 amide bonds. The fourth-order valence-corrected chi connectivity index (χ4v) is 3.08. The van der Waals surface area contributed by atoms with Crippen molar-refractivity contribution in [2.75, 3.05) is 13.7 Å². The number of nitrogens with one attached hydrogen (secondary N) is 1. The molecular formula is C22H28N4O2. The van der Waals surface area contributed by atoms with Crippen molar-refractivity contribution in [2.24, 2.45) is 0 Å². The Morgan fingerprint density at radius 3 is 2.68 bits per heavy atom. The predicted octanol–water partition coefficient (Wildman–Crippen LogP) is 3.66. The van der Waals surface area contributed by atoms with Crippen molar-refractivity contribution in [1.29, 1.82) is 0 Å². The first-order valence-electron chi connectivity index (χ1n) is 9.56. The van der Waals surface area contributed by atoms with Gasteiger partial charge in [0.1, 0.15) is 6.61 Å². The Morgan fingerprint density at radius 1 is 1.07 bits per heavy atom. The molecule has 0 aliphatic rings. The van der Waals surface area contributed by atoms with Gasteiger partial charge >= 0.3 is 0 Å². The standard InChI is InChI=1S/C22H28N4O2/c1-17-12-18(2)26(25-17)11-5-10-24-14-19-7-8-21(27-3)22(13-19)28-16-20-6-4-9-23-15-20/h4,6-9,12-13,15,24H,5,10-11,14,16H2,1-3H3. The number of aromatic nitrogens is 3. The van der Waals surface area contributed by atoms with Gasteiger partial charge in [0.25, 0.3) is 0 Å². The van der Waals surface area contributed by atoms with E-state index >= 15 is 0 Å². The summed E-state index contributed by atoms with van der Waals surface area (Å²) in [6.45, 7) is 7.22. The smallest absolute Gasteiger partial charge is 0.161 e. The van der Waals surface area contributed by atoms with Gasteiger partial charge in [-0.25, -0.2) is 0 Å². The Kier molecular flexibility index (Phi) is 7.03. The predicted molar refractivity (Wildman–Crippen MR) is 110 cm³/mol. The number of nitrogens with zero attached hydrogens (tertiary/aromatic N) is 3. The third kappa shape index (κ3) is 5.57. The molecule has 0 saturated carbocycles. The lowest BCUT2D eigenvalue weighted by atomic mass is 10.2. The van der Waals surface area contributed by atoms with Crippen LogP contribution in [0.4, 0.5) is 0 Å². The third-order valence-corrected chi connectivity index (χ3v) is 4.50. The van der Waals surface area contributed by atoms with Gasteiger partial charge in [-0.05, 0) is 56.6 Å². The maximum Gasteiger partial charge on any atom is 0.161 e. The molecule has 1 aromatic carbocycles. The summed E-state index contributed by atoms with van der Waals surface area (Å²) in [5, 5.41) is 7.99. The zero-order valence-corrected chi connectivity index (χ0v) is 16.8. The molecule has 0 unspecified atom stereocenters. The summed E-state index contributed by atoms with van der Waals surface area (Å²) in [4.78, 5) is 4.12. The Morgan fingerprint density at radius 2 is 1.96 bits per heavy atom. The average Bonchev–Trinajstić information content (AvgIpc) is 3.04. The Labute approximate surface area is 166 Å². The van der Waals surface area contributed by atoms with Gasteiger partial charge < -0.3 is 14.8 Å². The Balaban J connectivity index is 1.49. The normalized spacial score (nSPS) is 10.8. The quantitative estimate of drug-likeness (QED) is 0.544. The van der Waals surface area contributed by atoms with Crippen LogP contribution in [0.3, 0.4) is 0 Å². The number of methoxy groups -OCH3 is 1. The highest BCUT2D eigenvalue weighted by molar-refractivity contribution is 5.43. The van der Waals surface area contributed by atoms with Gasteiger partial charge in [-0.3, -0.25) is 9.67 Å². The second-order valence-electron chi connectivity index (χ2n) is 6.82. The summed E-state index contributed by atoms with van der Waals surface area (Å²) in [5.74, 6) is 1.48. The van der Waals surface area contributed by atoms with E-state index < -0.39 is 0 Å². The van der Waals surface area contributed by atoms with Crippen molar-refractivity contribution in [1.82, 2.24) is 20.1 Å².